The number of hydrogen-bond donors (Lipinski definition) is 1. The second-order valence-electron chi connectivity index (χ2n) is 5.52. The second kappa shape index (κ2) is 6.71. The largest absolute Gasteiger partial charge is 0.380 e. The number of methoxy groups -OCH3 is 1. The van der Waals surface area contributed by atoms with Crippen LogP contribution in [0.15, 0.2) is 24.3 Å². The van der Waals surface area contributed by atoms with Gasteiger partial charge in [-0.3, -0.25) is 4.79 Å². The fraction of sp³-hybridized carbons (Fsp3) is 0.562. The third-order valence-corrected chi connectivity index (χ3v) is 3.91. The summed E-state index contributed by atoms with van der Waals surface area (Å²) in [5, 5.41) is 3.16. The Balaban J connectivity index is 1.99. The van der Waals surface area contributed by atoms with Gasteiger partial charge in [-0.2, -0.15) is 0 Å². The van der Waals surface area contributed by atoms with E-state index in [0.29, 0.717) is 12.6 Å². The van der Waals surface area contributed by atoms with Crippen molar-refractivity contribution in [3.05, 3.63) is 35.4 Å². The molecule has 3 heteroatoms. The third-order valence-electron chi connectivity index (χ3n) is 3.91. The Morgan fingerprint density at radius 1 is 1.26 bits per heavy atom. The molecule has 0 heterocycles. The van der Waals surface area contributed by atoms with Gasteiger partial charge >= 0.3 is 0 Å². The zero-order chi connectivity index (χ0) is 13.7. The van der Waals surface area contributed by atoms with Gasteiger partial charge in [0.1, 0.15) is 0 Å². The molecule has 0 aromatic heterocycles. The van der Waals surface area contributed by atoms with Crippen LogP contribution in [0.25, 0.3) is 0 Å². The SMILES string of the molecule is COCc1ccccc1C(=O)NC1CCC(C)CC1. The molecule has 0 radical (unpaired) electrons. The molecule has 104 valence electrons. The maximum atomic E-state index is 12.3. The van der Waals surface area contributed by atoms with Crippen molar-refractivity contribution >= 4 is 5.91 Å². The molecule has 19 heavy (non-hydrogen) atoms. The van der Waals surface area contributed by atoms with Gasteiger partial charge in [-0.1, -0.05) is 25.1 Å². The van der Waals surface area contributed by atoms with Crippen molar-refractivity contribution in [2.24, 2.45) is 5.92 Å². The van der Waals surface area contributed by atoms with Crippen molar-refractivity contribution < 1.29 is 9.53 Å². The highest BCUT2D eigenvalue weighted by molar-refractivity contribution is 5.95. The molecule has 1 aromatic rings. The smallest absolute Gasteiger partial charge is 0.251 e. The molecule has 3 nitrogen and oxygen atoms in total. The van der Waals surface area contributed by atoms with Crippen molar-refractivity contribution in [2.45, 2.75) is 45.3 Å². The molecule has 0 unspecified atom stereocenters. The van der Waals surface area contributed by atoms with Gasteiger partial charge in [0.15, 0.2) is 0 Å². The van der Waals surface area contributed by atoms with E-state index in [1.165, 1.54) is 12.8 Å². The Bertz CT molecular complexity index is 423. The fourth-order valence-electron chi connectivity index (χ4n) is 2.69. The van der Waals surface area contributed by atoms with Crippen LogP contribution in [0.4, 0.5) is 0 Å². The summed E-state index contributed by atoms with van der Waals surface area (Å²) < 4.78 is 5.14. The van der Waals surface area contributed by atoms with Crippen LogP contribution in [0.2, 0.25) is 0 Å². The highest BCUT2D eigenvalue weighted by Crippen LogP contribution is 2.23. The number of carbonyl (C=O) groups is 1. The lowest BCUT2D eigenvalue weighted by Crippen LogP contribution is -2.37. The molecule has 0 bridgehead atoms. The highest BCUT2D eigenvalue weighted by Gasteiger charge is 2.21. The summed E-state index contributed by atoms with van der Waals surface area (Å²) in [6.07, 6.45) is 4.62. The van der Waals surface area contributed by atoms with Crippen LogP contribution < -0.4 is 5.32 Å². The van der Waals surface area contributed by atoms with Crippen LogP contribution >= 0.6 is 0 Å². The molecule has 1 aliphatic rings. The Hall–Kier alpha value is -1.35. The average molecular weight is 261 g/mol. The number of benzene rings is 1. The molecule has 0 aliphatic heterocycles. The normalized spacial score (nSPS) is 23.1. The van der Waals surface area contributed by atoms with E-state index in [1.807, 2.05) is 24.3 Å². The van der Waals surface area contributed by atoms with Crippen molar-refractivity contribution in [3.8, 4) is 0 Å². The standard InChI is InChI=1S/C16H23NO2/c1-12-7-9-14(10-8-12)17-16(18)15-6-4-3-5-13(15)11-19-2/h3-6,12,14H,7-11H2,1-2H3,(H,17,18). The topological polar surface area (TPSA) is 38.3 Å². The lowest BCUT2D eigenvalue weighted by molar-refractivity contribution is 0.0918. The summed E-state index contributed by atoms with van der Waals surface area (Å²) in [6.45, 7) is 2.76. The van der Waals surface area contributed by atoms with Gasteiger partial charge in [-0.15, -0.1) is 0 Å². The Kier molecular flexibility index (Phi) is 4.97. The van der Waals surface area contributed by atoms with E-state index in [2.05, 4.69) is 12.2 Å². The Morgan fingerprint density at radius 3 is 2.63 bits per heavy atom. The van der Waals surface area contributed by atoms with E-state index in [-0.39, 0.29) is 5.91 Å². The van der Waals surface area contributed by atoms with E-state index in [1.54, 1.807) is 7.11 Å². The summed E-state index contributed by atoms with van der Waals surface area (Å²) in [7, 11) is 1.65. The summed E-state index contributed by atoms with van der Waals surface area (Å²) in [6, 6.07) is 7.99. The average Bonchev–Trinajstić information content (AvgIpc) is 2.42. The first-order valence-electron chi connectivity index (χ1n) is 7.08. The molecule has 1 amide bonds. The number of hydrogen-bond acceptors (Lipinski definition) is 2. The Morgan fingerprint density at radius 2 is 1.95 bits per heavy atom. The van der Waals surface area contributed by atoms with Gasteiger partial charge < -0.3 is 10.1 Å². The minimum Gasteiger partial charge on any atom is -0.380 e. The maximum absolute atomic E-state index is 12.3. The molecular weight excluding hydrogens is 238 g/mol. The zero-order valence-electron chi connectivity index (χ0n) is 11.8. The molecule has 1 N–H and O–H groups in total. The van der Waals surface area contributed by atoms with Crippen LogP contribution in [0.5, 0.6) is 0 Å². The summed E-state index contributed by atoms with van der Waals surface area (Å²) in [5.41, 5.74) is 1.69. The predicted molar refractivity (Wildman–Crippen MR) is 76.0 cm³/mol. The van der Waals surface area contributed by atoms with Crippen molar-refractivity contribution in [2.75, 3.05) is 7.11 Å². The number of rotatable bonds is 4. The van der Waals surface area contributed by atoms with Crippen LogP contribution in [-0.4, -0.2) is 19.1 Å². The first-order valence-corrected chi connectivity index (χ1v) is 7.08. The number of nitrogens with one attached hydrogen (secondary N) is 1. The van der Waals surface area contributed by atoms with E-state index in [9.17, 15) is 4.79 Å². The molecule has 1 fully saturated rings. The van der Waals surface area contributed by atoms with Crippen molar-refractivity contribution in [1.82, 2.24) is 5.32 Å². The maximum Gasteiger partial charge on any atom is 0.251 e. The number of carbonyl (C=O) groups excluding carboxylic acids is 1. The van der Waals surface area contributed by atoms with Gasteiger partial charge in [-0.05, 0) is 43.2 Å². The first kappa shape index (κ1) is 14.1. The predicted octanol–water partition coefficient (Wildman–Crippen LogP) is 3.14. The molecule has 1 saturated carbocycles. The van der Waals surface area contributed by atoms with Crippen LogP contribution in [0.3, 0.4) is 0 Å². The highest BCUT2D eigenvalue weighted by atomic mass is 16.5. The summed E-state index contributed by atoms with van der Waals surface area (Å²) in [4.78, 5) is 12.3. The lowest BCUT2D eigenvalue weighted by atomic mass is 9.87. The van der Waals surface area contributed by atoms with Crippen LogP contribution in [0.1, 0.15) is 48.5 Å². The summed E-state index contributed by atoms with van der Waals surface area (Å²) >= 11 is 0. The minimum atomic E-state index is 0.0344. The van der Waals surface area contributed by atoms with Gasteiger partial charge in [0.2, 0.25) is 0 Å². The first-order chi connectivity index (χ1) is 9.20. The molecule has 2 rings (SSSR count). The van der Waals surface area contributed by atoms with Gasteiger partial charge in [0.05, 0.1) is 6.61 Å². The van der Waals surface area contributed by atoms with Crippen LogP contribution in [-0.2, 0) is 11.3 Å². The molecule has 1 aliphatic carbocycles. The molecule has 0 atom stereocenters. The number of amides is 1. The third kappa shape index (κ3) is 3.80. The van der Waals surface area contributed by atoms with Crippen molar-refractivity contribution in [3.63, 3.8) is 0 Å². The zero-order valence-corrected chi connectivity index (χ0v) is 11.8. The molecule has 0 spiro atoms. The van der Waals surface area contributed by atoms with Gasteiger partial charge in [0, 0.05) is 18.7 Å². The number of ether oxygens (including phenoxy) is 1. The van der Waals surface area contributed by atoms with E-state index in [4.69, 9.17) is 4.74 Å². The van der Waals surface area contributed by atoms with Gasteiger partial charge in [0.25, 0.3) is 5.91 Å². The second-order valence-corrected chi connectivity index (χ2v) is 5.52. The summed E-state index contributed by atoms with van der Waals surface area (Å²) in [5.74, 6) is 0.834. The Labute approximate surface area is 115 Å². The van der Waals surface area contributed by atoms with E-state index < -0.39 is 0 Å². The van der Waals surface area contributed by atoms with E-state index >= 15 is 0 Å². The quantitative estimate of drug-likeness (QED) is 0.904. The molecule has 0 saturated heterocycles. The van der Waals surface area contributed by atoms with Crippen LogP contribution in [0, 0.1) is 5.92 Å². The fourth-order valence-corrected chi connectivity index (χ4v) is 2.69. The minimum absolute atomic E-state index is 0.0344. The van der Waals surface area contributed by atoms with E-state index in [0.717, 1.165) is 29.9 Å². The monoisotopic (exact) mass is 261 g/mol. The van der Waals surface area contributed by atoms with Crippen molar-refractivity contribution in [1.29, 1.82) is 0 Å². The lowest BCUT2D eigenvalue weighted by Gasteiger charge is -2.27. The molecular formula is C16H23NO2. The van der Waals surface area contributed by atoms with Gasteiger partial charge in [-0.25, -0.2) is 0 Å². The molecule has 1 aromatic carbocycles.